The summed E-state index contributed by atoms with van der Waals surface area (Å²) < 4.78 is 53.1. The quantitative estimate of drug-likeness (QED) is 0.615. The molecule has 2 rings (SSSR count). The molecule has 0 aliphatic carbocycles. The van der Waals surface area contributed by atoms with E-state index >= 15 is 0 Å². The highest BCUT2D eigenvalue weighted by Gasteiger charge is 2.27. The van der Waals surface area contributed by atoms with Crippen LogP contribution in [0.2, 0.25) is 0 Å². The van der Waals surface area contributed by atoms with Gasteiger partial charge in [0.15, 0.2) is 0 Å². The van der Waals surface area contributed by atoms with Gasteiger partial charge < -0.3 is 10.1 Å². The number of halogens is 2. The number of carbonyl (C=O) groups is 1. The molecular formula is C20H30F2N2O4S. The predicted molar refractivity (Wildman–Crippen MR) is 108 cm³/mol. The summed E-state index contributed by atoms with van der Waals surface area (Å²) in [7, 11) is -4.48. The number of ether oxygens (including phenoxy) is 1. The highest BCUT2D eigenvalue weighted by molar-refractivity contribution is 7.90. The average molecular weight is 433 g/mol. The van der Waals surface area contributed by atoms with Gasteiger partial charge in [0.05, 0.1) is 19.0 Å². The van der Waals surface area contributed by atoms with Crippen molar-refractivity contribution in [2.24, 2.45) is 5.92 Å². The van der Waals surface area contributed by atoms with Crippen LogP contribution in [-0.4, -0.2) is 63.9 Å². The van der Waals surface area contributed by atoms with Crippen molar-refractivity contribution < 1.29 is 26.7 Å². The number of carbonyl (C=O) groups excluding carboxylic acids is 1. The number of hydrogen-bond acceptors (Lipinski definition) is 5. The number of nitrogens with zero attached hydrogens (tertiary/aromatic N) is 1. The number of nitrogens with one attached hydrogen (secondary N) is 1. The van der Waals surface area contributed by atoms with Gasteiger partial charge in [-0.2, -0.15) is 8.78 Å². The van der Waals surface area contributed by atoms with Crippen LogP contribution in [0.5, 0.6) is 0 Å². The Morgan fingerprint density at radius 1 is 1.14 bits per heavy atom. The van der Waals surface area contributed by atoms with Crippen molar-refractivity contribution in [3.63, 3.8) is 0 Å². The van der Waals surface area contributed by atoms with E-state index in [4.69, 9.17) is 4.74 Å². The normalized spacial score (nSPS) is 16.9. The maximum Gasteiger partial charge on any atom is 0.337 e. The van der Waals surface area contributed by atoms with Gasteiger partial charge in [-0.3, -0.25) is 9.69 Å². The molecule has 1 saturated heterocycles. The van der Waals surface area contributed by atoms with Crippen molar-refractivity contribution in [1.82, 2.24) is 10.2 Å². The van der Waals surface area contributed by atoms with Crippen LogP contribution < -0.4 is 5.32 Å². The number of sulfone groups is 1. The lowest BCUT2D eigenvalue weighted by Crippen LogP contribution is -2.52. The molecule has 164 valence electrons. The molecule has 1 atom stereocenters. The Labute approximate surface area is 171 Å². The SMILES string of the molecule is CCC(CC)[C@H](CNC(=O)c1ccc(CS(=O)(=O)C(F)F)cc1)N1CCOCC1. The Hall–Kier alpha value is -1.58. The maximum atomic E-state index is 12.5. The Kier molecular flexibility index (Phi) is 8.98. The number of benzene rings is 1. The predicted octanol–water partition coefficient (Wildman–Crippen LogP) is 2.69. The van der Waals surface area contributed by atoms with Crippen molar-refractivity contribution in [3.8, 4) is 0 Å². The van der Waals surface area contributed by atoms with E-state index in [0.717, 1.165) is 25.9 Å². The van der Waals surface area contributed by atoms with E-state index in [1.54, 1.807) is 0 Å². The van der Waals surface area contributed by atoms with Gasteiger partial charge in [-0.05, 0) is 23.6 Å². The van der Waals surface area contributed by atoms with Crippen LogP contribution in [0.3, 0.4) is 0 Å². The van der Waals surface area contributed by atoms with Crippen LogP contribution in [0.15, 0.2) is 24.3 Å². The standard InChI is InChI=1S/C20H30F2N2O4S/c1-3-16(4-2)18(24-9-11-28-12-10-24)13-23-19(25)17-7-5-15(6-8-17)14-29(26,27)20(21)22/h5-8,16,18,20H,3-4,9-14H2,1-2H3,(H,23,25)/t18-/m0/s1. The fourth-order valence-electron chi connectivity index (χ4n) is 3.68. The molecule has 0 radical (unpaired) electrons. The van der Waals surface area contributed by atoms with Crippen LogP contribution in [0.4, 0.5) is 8.78 Å². The fraction of sp³-hybridized carbons (Fsp3) is 0.650. The summed E-state index contributed by atoms with van der Waals surface area (Å²) in [4.78, 5) is 14.9. The van der Waals surface area contributed by atoms with Gasteiger partial charge in [-0.15, -0.1) is 0 Å². The second-order valence-corrected chi connectivity index (χ2v) is 9.24. The van der Waals surface area contributed by atoms with Gasteiger partial charge in [0, 0.05) is 31.2 Å². The first-order valence-electron chi connectivity index (χ1n) is 9.97. The largest absolute Gasteiger partial charge is 0.379 e. The number of morpholine rings is 1. The number of amides is 1. The highest BCUT2D eigenvalue weighted by Crippen LogP contribution is 2.20. The highest BCUT2D eigenvalue weighted by atomic mass is 32.2. The zero-order chi connectivity index (χ0) is 21.4. The molecule has 0 unspecified atom stereocenters. The van der Waals surface area contributed by atoms with Crippen LogP contribution >= 0.6 is 0 Å². The van der Waals surface area contributed by atoms with E-state index in [-0.39, 0.29) is 17.5 Å². The zero-order valence-electron chi connectivity index (χ0n) is 16.9. The molecule has 1 aliphatic rings. The Morgan fingerprint density at radius 2 is 1.72 bits per heavy atom. The number of alkyl halides is 2. The van der Waals surface area contributed by atoms with Crippen molar-refractivity contribution in [2.45, 2.75) is 44.2 Å². The van der Waals surface area contributed by atoms with Gasteiger partial charge in [-0.1, -0.05) is 38.8 Å². The molecule has 9 heteroatoms. The molecule has 29 heavy (non-hydrogen) atoms. The van der Waals surface area contributed by atoms with Crippen LogP contribution in [-0.2, 0) is 20.3 Å². The van der Waals surface area contributed by atoms with E-state index in [9.17, 15) is 22.0 Å². The Balaban J connectivity index is 2.00. The molecule has 6 nitrogen and oxygen atoms in total. The van der Waals surface area contributed by atoms with Crippen molar-refractivity contribution in [3.05, 3.63) is 35.4 Å². The average Bonchev–Trinajstić information content (AvgIpc) is 2.71. The lowest BCUT2D eigenvalue weighted by Gasteiger charge is -2.38. The van der Waals surface area contributed by atoms with Crippen LogP contribution in [0.1, 0.15) is 42.6 Å². The topological polar surface area (TPSA) is 75.7 Å². The maximum absolute atomic E-state index is 12.5. The third kappa shape index (κ3) is 6.72. The molecule has 1 aromatic carbocycles. The van der Waals surface area contributed by atoms with Crippen molar-refractivity contribution in [1.29, 1.82) is 0 Å². The summed E-state index contributed by atoms with van der Waals surface area (Å²) in [5.41, 5.74) is 0.596. The summed E-state index contributed by atoms with van der Waals surface area (Å²) in [5, 5.41) is 2.97. The third-order valence-electron chi connectivity index (χ3n) is 5.43. The second kappa shape index (κ2) is 11.0. The molecule has 1 aromatic rings. The van der Waals surface area contributed by atoms with Gasteiger partial charge in [0.2, 0.25) is 9.84 Å². The Bertz CT molecular complexity index is 746. The van der Waals surface area contributed by atoms with Gasteiger partial charge >= 0.3 is 5.76 Å². The van der Waals surface area contributed by atoms with E-state index in [1.165, 1.54) is 24.3 Å². The second-order valence-electron chi connectivity index (χ2n) is 7.27. The summed E-state index contributed by atoms with van der Waals surface area (Å²) in [6.07, 6.45) is 2.03. The van der Waals surface area contributed by atoms with E-state index in [0.29, 0.717) is 31.2 Å². The minimum Gasteiger partial charge on any atom is -0.379 e. The molecule has 0 aromatic heterocycles. The molecule has 1 amide bonds. The molecule has 1 heterocycles. The van der Waals surface area contributed by atoms with Crippen LogP contribution in [0, 0.1) is 5.92 Å². The summed E-state index contributed by atoms with van der Waals surface area (Å²) in [6.45, 7) is 7.85. The third-order valence-corrected chi connectivity index (χ3v) is 6.71. The minimum absolute atomic E-state index is 0.216. The van der Waals surface area contributed by atoms with E-state index in [1.807, 2.05) is 0 Å². The lowest BCUT2D eigenvalue weighted by atomic mass is 9.92. The molecule has 0 spiro atoms. The van der Waals surface area contributed by atoms with Gasteiger partial charge in [-0.25, -0.2) is 8.42 Å². The first-order chi connectivity index (χ1) is 13.8. The first kappa shape index (κ1) is 23.7. The number of hydrogen-bond donors (Lipinski definition) is 1. The number of rotatable bonds is 10. The Morgan fingerprint density at radius 3 is 2.24 bits per heavy atom. The van der Waals surface area contributed by atoms with Crippen molar-refractivity contribution in [2.75, 3.05) is 32.8 Å². The summed E-state index contributed by atoms with van der Waals surface area (Å²) in [6, 6.07) is 5.94. The summed E-state index contributed by atoms with van der Waals surface area (Å²) in [5.74, 6) is -3.97. The zero-order valence-corrected chi connectivity index (χ0v) is 17.8. The fourth-order valence-corrected chi connectivity index (χ4v) is 4.47. The first-order valence-corrected chi connectivity index (χ1v) is 11.7. The monoisotopic (exact) mass is 432 g/mol. The van der Waals surface area contributed by atoms with Crippen molar-refractivity contribution >= 4 is 15.7 Å². The van der Waals surface area contributed by atoms with Crippen LogP contribution in [0.25, 0.3) is 0 Å². The molecule has 1 fully saturated rings. The van der Waals surface area contributed by atoms with Gasteiger partial charge in [0.1, 0.15) is 0 Å². The molecular weight excluding hydrogens is 402 g/mol. The molecule has 0 bridgehead atoms. The molecule has 1 N–H and O–H groups in total. The smallest absolute Gasteiger partial charge is 0.337 e. The van der Waals surface area contributed by atoms with Gasteiger partial charge in [0.25, 0.3) is 5.91 Å². The lowest BCUT2D eigenvalue weighted by molar-refractivity contribution is 0.00191. The van der Waals surface area contributed by atoms with E-state index in [2.05, 4.69) is 24.1 Å². The molecule has 1 aliphatic heterocycles. The molecule has 0 saturated carbocycles. The summed E-state index contributed by atoms with van der Waals surface area (Å²) >= 11 is 0. The minimum atomic E-state index is -4.48. The van der Waals surface area contributed by atoms with E-state index < -0.39 is 21.3 Å².